The van der Waals surface area contributed by atoms with Crippen LogP contribution < -0.4 is 15.4 Å². The van der Waals surface area contributed by atoms with Crippen molar-refractivity contribution in [2.24, 2.45) is 0 Å². The van der Waals surface area contributed by atoms with E-state index in [1.807, 2.05) is 0 Å². The zero-order valence-electron chi connectivity index (χ0n) is 23.3. The molecule has 2 saturated heterocycles. The van der Waals surface area contributed by atoms with Gasteiger partial charge in [0.05, 0.1) is 22.7 Å². The van der Waals surface area contributed by atoms with Crippen LogP contribution in [0.3, 0.4) is 0 Å². The predicted molar refractivity (Wildman–Crippen MR) is 154 cm³/mol. The minimum absolute atomic E-state index is 0.00621. The molecule has 228 valence electrons. The number of fused-ring (bicyclic) bond motifs is 1. The number of halogens is 2. The number of carbonyl (C=O) groups is 6. The third kappa shape index (κ3) is 7.63. The number of nitrogens with one attached hydrogen (secondary N) is 2. The Morgan fingerprint density at radius 3 is 2.47 bits per heavy atom. The van der Waals surface area contributed by atoms with Gasteiger partial charge in [-0.3, -0.25) is 29.0 Å². The summed E-state index contributed by atoms with van der Waals surface area (Å²) in [4.78, 5) is 77.2. The normalized spacial score (nSPS) is 18.3. The van der Waals surface area contributed by atoms with Gasteiger partial charge in [0, 0.05) is 31.5 Å². The summed E-state index contributed by atoms with van der Waals surface area (Å²) in [6.45, 7) is -0.393. The molecule has 43 heavy (non-hydrogen) atoms. The van der Waals surface area contributed by atoms with E-state index in [0.717, 1.165) is 5.01 Å². The number of hydrogen-bond donors (Lipinski definition) is 2. The Balaban J connectivity index is 1.34. The molecule has 4 rings (SSSR count). The Labute approximate surface area is 257 Å². The maximum absolute atomic E-state index is 13.6. The SMILES string of the molecule is COc1cccc(C(=O)NC2CCC(=O)N3CCC[C@@H](C(=O)NCCC(=O)COC(=O)c4c(Cl)cccc4Cl)N3C2=O)c1. The van der Waals surface area contributed by atoms with Crippen LogP contribution in [0.1, 0.15) is 52.8 Å². The molecule has 2 atom stereocenters. The topological polar surface area (TPSA) is 151 Å². The summed E-state index contributed by atoms with van der Waals surface area (Å²) in [5.41, 5.74) is 0.223. The molecular formula is C29H30Cl2N4O8. The number of ether oxygens (including phenoxy) is 2. The Hall–Kier alpha value is -4.16. The van der Waals surface area contributed by atoms with Crippen molar-refractivity contribution >= 4 is 58.6 Å². The largest absolute Gasteiger partial charge is 0.497 e. The van der Waals surface area contributed by atoms with Gasteiger partial charge in [-0.1, -0.05) is 35.3 Å². The Morgan fingerprint density at radius 2 is 1.74 bits per heavy atom. The van der Waals surface area contributed by atoms with Gasteiger partial charge in [0.25, 0.3) is 11.8 Å². The van der Waals surface area contributed by atoms with Crippen LogP contribution in [0.5, 0.6) is 5.75 Å². The number of amides is 4. The highest BCUT2D eigenvalue weighted by atomic mass is 35.5. The van der Waals surface area contributed by atoms with Gasteiger partial charge in [0.1, 0.15) is 24.4 Å². The fourth-order valence-corrected chi connectivity index (χ4v) is 5.39. The van der Waals surface area contributed by atoms with E-state index in [4.69, 9.17) is 32.7 Å². The number of methoxy groups -OCH3 is 1. The molecule has 14 heteroatoms. The van der Waals surface area contributed by atoms with E-state index in [9.17, 15) is 28.8 Å². The first-order valence-corrected chi connectivity index (χ1v) is 14.3. The van der Waals surface area contributed by atoms with Crippen LogP contribution in [0, 0.1) is 0 Å². The van der Waals surface area contributed by atoms with Gasteiger partial charge in [0.2, 0.25) is 11.8 Å². The fraction of sp³-hybridized carbons (Fsp3) is 0.379. The molecule has 2 aromatic rings. The minimum Gasteiger partial charge on any atom is -0.497 e. The van der Waals surface area contributed by atoms with Crippen molar-refractivity contribution in [3.05, 3.63) is 63.6 Å². The first-order chi connectivity index (χ1) is 20.6. The van der Waals surface area contributed by atoms with Crippen molar-refractivity contribution in [2.45, 2.75) is 44.2 Å². The summed E-state index contributed by atoms with van der Waals surface area (Å²) in [5.74, 6) is -2.85. The number of nitrogens with zero attached hydrogens (tertiary/aromatic N) is 2. The highest BCUT2D eigenvalue weighted by Crippen LogP contribution is 2.26. The third-order valence-electron chi connectivity index (χ3n) is 7.04. The fourth-order valence-electron chi connectivity index (χ4n) is 4.84. The summed E-state index contributed by atoms with van der Waals surface area (Å²) in [6, 6.07) is 8.86. The molecule has 0 bridgehead atoms. The molecule has 0 radical (unpaired) electrons. The summed E-state index contributed by atoms with van der Waals surface area (Å²) >= 11 is 12.0. The number of hydrogen-bond acceptors (Lipinski definition) is 8. The molecule has 1 unspecified atom stereocenters. The lowest BCUT2D eigenvalue weighted by molar-refractivity contribution is -0.176. The second-order valence-corrected chi connectivity index (χ2v) is 10.7. The van der Waals surface area contributed by atoms with Gasteiger partial charge in [-0.05, 0) is 49.6 Å². The average molecular weight is 633 g/mol. The lowest BCUT2D eigenvalue weighted by Crippen LogP contribution is -2.63. The second-order valence-electron chi connectivity index (χ2n) is 9.91. The van der Waals surface area contributed by atoms with Crippen LogP contribution in [0.15, 0.2) is 42.5 Å². The average Bonchev–Trinajstić information content (AvgIpc) is 3.11. The molecule has 0 aromatic heterocycles. The molecule has 0 aliphatic carbocycles. The van der Waals surface area contributed by atoms with Crippen molar-refractivity contribution in [1.82, 2.24) is 20.7 Å². The number of esters is 1. The Kier molecular flexibility index (Phi) is 10.6. The van der Waals surface area contributed by atoms with Gasteiger partial charge in [-0.15, -0.1) is 0 Å². The van der Waals surface area contributed by atoms with Crippen LogP contribution in [-0.2, 0) is 23.9 Å². The molecule has 12 nitrogen and oxygen atoms in total. The third-order valence-corrected chi connectivity index (χ3v) is 7.67. The molecule has 0 spiro atoms. The summed E-state index contributed by atoms with van der Waals surface area (Å²) in [7, 11) is 1.47. The van der Waals surface area contributed by atoms with E-state index in [0.29, 0.717) is 12.2 Å². The second kappa shape index (κ2) is 14.3. The summed E-state index contributed by atoms with van der Waals surface area (Å²) in [5, 5.41) is 7.88. The van der Waals surface area contributed by atoms with Gasteiger partial charge in [0.15, 0.2) is 5.78 Å². The lowest BCUT2D eigenvalue weighted by Gasteiger charge is -2.42. The monoisotopic (exact) mass is 632 g/mol. The molecule has 4 amide bonds. The predicted octanol–water partition coefficient (Wildman–Crippen LogP) is 2.56. The van der Waals surface area contributed by atoms with Crippen LogP contribution in [-0.4, -0.2) is 84.3 Å². The van der Waals surface area contributed by atoms with E-state index in [2.05, 4.69) is 10.6 Å². The van der Waals surface area contributed by atoms with Crippen molar-refractivity contribution in [3.63, 3.8) is 0 Å². The molecule has 2 fully saturated rings. The summed E-state index contributed by atoms with van der Waals surface area (Å²) in [6.07, 6.45) is 0.682. The molecule has 2 aliphatic rings. The number of carbonyl (C=O) groups excluding carboxylic acids is 6. The molecule has 2 aromatic carbocycles. The van der Waals surface area contributed by atoms with Crippen LogP contribution in [0.2, 0.25) is 10.0 Å². The zero-order valence-corrected chi connectivity index (χ0v) is 24.8. The van der Waals surface area contributed by atoms with Gasteiger partial charge in [-0.2, -0.15) is 0 Å². The standard InChI is InChI=1S/C29H30Cl2N4O8/c1-42-19-6-2-5-17(15-19)26(38)33-22-10-11-24(37)34-14-4-9-23(35(34)28(22)40)27(39)32-13-12-18(36)16-43-29(41)25-20(30)7-3-8-21(25)31/h2-3,5-8,15,22-23H,4,9-14,16H2,1H3,(H,32,39)(H,33,38)/t22?,23-/m0/s1. The van der Waals surface area contributed by atoms with Gasteiger partial charge < -0.3 is 20.1 Å². The van der Waals surface area contributed by atoms with E-state index < -0.39 is 48.2 Å². The van der Waals surface area contributed by atoms with Crippen LogP contribution in [0.25, 0.3) is 0 Å². The number of hydrazine groups is 1. The molecule has 2 N–H and O–H groups in total. The highest BCUT2D eigenvalue weighted by Gasteiger charge is 2.44. The maximum atomic E-state index is 13.6. The van der Waals surface area contributed by atoms with Crippen molar-refractivity contribution in [3.8, 4) is 5.75 Å². The zero-order chi connectivity index (χ0) is 31.1. The number of Topliss-reactive ketones (excluding diaryl/α,β-unsaturated/α-hetero) is 1. The van der Waals surface area contributed by atoms with Crippen molar-refractivity contribution in [1.29, 1.82) is 0 Å². The molecular weight excluding hydrogens is 603 g/mol. The maximum Gasteiger partial charge on any atom is 0.341 e. The van der Waals surface area contributed by atoms with Crippen LogP contribution in [0.4, 0.5) is 0 Å². The highest BCUT2D eigenvalue weighted by molar-refractivity contribution is 6.39. The number of ketones is 1. The van der Waals surface area contributed by atoms with E-state index >= 15 is 0 Å². The Bertz CT molecular complexity index is 1410. The van der Waals surface area contributed by atoms with E-state index in [1.165, 1.54) is 30.3 Å². The quantitative estimate of drug-likeness (QED) is 0.379. The smallest absolute Gasteiger partial charge is 0.341 e. The van der Waals surface area contributed by atoms with Gasteiger partial charge in [-0.25, -0.2) is 9.80 Å². The molecule has 2 aliphatic heterocycles. The van der Waals surface area contributed by atoms with E-state index in [1.54, 1.807) is 24.3 Å². The van der Waals surface area contributed by atoms with E-state index in [-0.39, 0.29) is 65.9 Å². The molecule has 2 heterocycles. The Morgan fingerprint density at radius 1 is 1.02 bits per heavy atom. The minimum atomic E-state index is -1.04. The lowest BCUT2D eigenvalue weighted by atomic mass is 10.1. The number of rotatable bonds is 10. The van der Waals surface area contributed by atoms with Crippen molar-refractivity contribution in [2.75, 3.05) is 26.8 Å². The number of benzene rings is 2. The first-order valence-electron chi connectivity index (χ1n) is 13.6. The van der Waals surface area contributed by atoms with Crippen LogP contribution >= 0.6 is 23.2 Å². The summed E-state index contributed by atoms with van der Waals surface area (Å²) < 4.78 is 10.2. The van der Waals surface area contributed by atoms with Gasteiger partial charge >= 0.3 is 5.97 Å². The van der Waals surface area contributed by atoms with Crippen molar-refractivity contribution < 1.29 is 38.2 Å². The molecule has 0 saturated carbocycles. The first kappa shape index (κ1) is 31.8.